The average Bonchev–Trinajstić information content (AvgIpc) is 2.48. The molecule has 0 saturated carbocycles. The van der Waals surface area contributed by atoms with E-state index in [2.05, 4.69) is 90.4 Å². The van der Waals surface area contributed by atoms with Crippen molar-refractivity contribution in [3.8, 4) is 17.2 Å². The lowest BCUT2D eigenvalue weighted by Gasteiger charge is -2.14. The Hall–Kier alpha value is 0.350. The quantitative estimate of drug-likeness (QED) is 0.399. The van der Waals surface area contributed by atoms with Crippen molar-refractivity contribution in [3.63, 3.8) is 0 Å². The molecule has 10 heteroatoms. The molecule has 0 aliphatic heterocycles. The number of benzene rings is 2. The Kier molecular flexibility index (Phi) is 9.40. The van der Waals surface area contributed by atoms with Gasteiger partial charge in [0.1, 0.15) is 17.5 Å². The standard InChI is InChI=1S/C15H11I4NO4.H2O/c16-8-4-7(5-9(17)13(8)21)24-14-10(18)1-6(2-11(14)19)3-12(20)15(22)23;/h1-2,4-5,12,21H,3,20H2,(H,22,23);1H2/t12-;/m0./s1. The number of phenols is 1. The van der Waals surface area contributed by atoms with Gasteiger partial charge in [-0.2, -0.15) is 0 Å². The summed E-state index contributed by atoms with van der Waals surface area (Å²) in [6, 6.07) is 6.34. The van der Waals surface area contributed by atoms with Crippen molar-refractivity contribution in [1.29, 1.82) is 0 Å². The molecule has 136 valence electrons. The molecule has 0 aliphatic carbocycles. The zero-order valence-corrected chi connectivity index (χ0v) is 21.0. The molecule has 6 nitrogen and oxygen atoms in total. The van der Waals surface area contributed by atoms with Gasteiger partial charge in [-0.3, -0.25) is 4.79 Å². The van der Waals surface area contributed by atoms with E-state index in [0.29, 0.717) is 18.6 Å². The molecule has 0 amide bonds. The fraction of sp³-hybridized carbons (Fsp3) is 0.133. The molecule has 2 aromatic carbocycles. The molecule has 6 N–H and O–H groups in total. The maximum Gasteiger partial charge on any atom is 0.320 e. The van der Waals surface area contributed by atoms with Crippen molar-refractivity contribution in [2.75, 3.05) is 0 Å². The van der Waals surface area contributed by atoms with E-state index in [1.165, 1.54) is 0 Å². The van der Waals surface area contributed by atoms with E-state index >= 15 is 0 Å². The first-order chi connectivity index (χ1) is 11.2. The summed E-state index contributed by atoms with van der Waals surface area (Å²) in [5.74, 6) is 0.549. The summed E-state index contributed by atoms with van der Waals surface area (Å²) in [6.45, 7) is 0. The molecular weight excluding hydrogens is 782 g/mol. The molecule has 2 rings (SSSR count). The fourth-order valence-electron chi connectivity index (χ4n) is 1.89. The van der Waals surface area contributed by atoms with E-state index in [0.717, 1.165) is 12.7 Å². The lowest BCUT2D eigenvalue weighted by Crippen LogP contribution is -2.32. The number of hydrogen-bond donors (Lipinski definition) is 3. The Morgan fingerprint density at radius 3 is 1.96 bits per heavy atom. The van der Waals surface area contributed by atoms with Crippen molar-refractivity contribution in [1.82, 2.24) is 0 Å². The van der Waals surface area contributed by atoms with Crippen molar-refractivity contribution in [2.24, 2.45) is 5.73 Å². The first kappa shape index (κ1) is 23.4. The van der Waals surface area contributed by atoms with Crippen LogP contribution in [0, 0.1) is 14.3 Å². The fourth-order valence-corrected chi connectivity index (χ4v) is 5.72. The number of aromatic hydroxyl groups is 1. The summed E-state index contributed by atoms with van der Waals surface area (Å²) in [4.78, 5) is 10.9. The van der Waals surface area contributed by atoms with Crippen molar-refractivity contribution in [3.05, 3.63) is 44.1 Å². The topological polar surface area (TPSA) is 124 Å². The van der Waals surface area contributed by atoms with Crippen molar-refractivity contribution < 1.29 is 25.2 Å². The Balaban J connectivity index is 0.00000312. The molecule has 0 aliphatic rings. The van der Waals surface area contributed by atoms with E-state index in [1.54, 1.807) is 12.1 Å². The van der Waals surface area contributed by atoms with E-state index < -0.39 is 12.0 Å². The van der Waals surface area contributed by atoms with Gasteiger partial charge in [-0.25, -0.2) is 0 Å². The second-order valence-electron chi connectivity index (χ2n) is 4.88. The molecular formula is C15H13I4NO5. The minimum atomic E-state index is -1.02. The minimum Gasteiger partial charge on any atom is -0.506 e. The number of carbonyl (C=O) groups is 1. The van der Waals surface area contributed by atoms with Gasteiger partial charge < -0.3 is 26.2 Å². The normalized spacial score (nSPS) is 11.6. The number of nitrogens with two attached hydrogens (primary N) is 1. The average molecular weight is 795 g/mol. The van der Waals surface area contributed by atoms with Crippen LogP contribution in [0.5, 0.6) is 17.2 Å². The van der Waals surface area contributed by atoms with Crippen LogP contribution in [-0.4, -0.2) is 27.7 Å². The molecule has 0 unspecified atom stereocenters. The van der Waals surface area contributed by atoms with E-state index in [1.807, 2.05) is 12.1 Å². The van der Waals surface area contributed by atoms with Gasteiger partial charge in [-0.15, -0.1) is 0 Å². The molecule has 0 saturated heterocycles. The number of carboxylic acids is 1. The van der Waals surface area contributed by atoms with Crippen LogP contribution in [0.15, 0.2) is 24.3 Å². The number of rotatable bonds is 5. The van der Waals surface area contributed by atoms with Gasteiger partial charge in [0.2, 0.25) is 0 Å². The van der Waals surface area contributed by atoms with Crippen LogP contribution in [-0.2, 0) is 11.2 Å². The molecule has 0 spiro atoms. The first-order valence-corrected chi connectivity index (χ1v) is 10.8. The number of carboxylic acid groups (broad SMARTS) is 1. The Bertz CT molecular complexity index is 753. The molecule has 1 atom stereocenters. The third-order valence-electron chi connectivity index (χ3n) is 3.04. The van der Waals surface area contributed by atoms with Crippen molar-refractivity contribution in [2.45, 2.75) is 12.5 Å². The van der Waals surface area contributed by atoms with Crippen molar-refractivity contribution >= 4 is 96.3 Å². The summed E-state index contributed by atoms with van der Waals surface area (Å²) in [5, 5.41) is 18.8. The number of aliphatic carboxylic acids is 1. The summed E-state index contributed by atoms with van der Waals surface area (Å²) in [7, 11) is 0. The van der Waals surface area contributed by atoms with Crippen LogP contribution in [0.3, 0.4) is 0 Å². The molecule has 0 fully saturated rings. The number of phenolic OH excluding ortho intramolecular Hbond substituents is 1. The lowest BCUT2D eigenvalue weighted by molar-refractivity contribution is -0.138. The van der Waals surface area contributed by atoms with Crippen LogP contribution in [0.25, 0.3) is 0 Å². The zero-order chi connectivity index (χ0) is 18.0. The molecule has 0 aromatic heterocycles. The lowest BCUT2D eigenvalue weighted by atomic mass is 10.1. The van der Waals surface area contributed by atoms with Gasteiger partial charge in [0, 0.05) is 0 Å². The molecule has 2 aromatic rings. The van der Waals surface area contributed by atoms with Crippen LogP contribution in [0.2, 0.25) is 0 Å². The van der Waals surface area contributed by atoms with Gasteiger partial charge in [0.15, 0.2) is 5.75 Å². The highest BCUT2D eigenvalue weighted by atomic mass is 127. The summed E-state index contributed by atoms with van der Waals surface area (Å²) in [5.41, 5.74) is 6.44. The van der Waals surface area contributed by atoms with E-state index in [-0.39, 0.29) is 17.6 Å². The monoisotopic (exact) mass is 795 g/mol. The maximum absolute atomic E-state index is 10.9. The minimum absolute atomic E-state index is 0. The number of halogens is 4. The first-order valence-electron chi connectivity index (χ1n) is 6.51. The molecule has 0 radical (unpaired) electrons. The molecule has 25 heavy (non-hydrogen) atoms. The zero-order valence-electron chi connectivity index (χ0n) is 12.4. The SMILES string of the molecule is N[C@@H](Cc1cc(I)c(Oc2cc(I)c(O)c(I)c2)c(I)c1)C(=O)O.O. The van der Waals surface area contributed by atoms with Gasteiger partial charge in [-0.1, -0.05) is 0 Å². The Morgan fingerprint density at radius 2 is 1.52 bits per heavy atom. The second-order valence-corrected chi connectivity index (χ2v) is 9.52. The predicted molar refractivity (Wildman–Crippen MR) is 128 cm³/mol. The largest absolute Gasteiger partial charge is 0.506 e. The van der Waals surface area contributed by atoms with E-state index in [9.17, 15) is 9.90 Å². The molecule has 0 heterocycles. The van der Waals surface area contributed by atoms with Gasteiger partial charge >= 0.3 is 5.97 Å². The van der Waals surface area contributed by atoms with Crippen LogP contribution >= 0.6 is 90.4 Å². The highest BCUT2D eigenvalue weighted by molar-refractivity contribution is 14.1. The highest BCUT2D eigenvalue weighted by Crippen LogP contribution is 2.36. The highest BCUT2D eigenvalue weighted by Gasteiger charge is 2.16. The summed E-state index contributed by atoms with van der Waals surface area (Å²) in [6.07, 6.45) is 0.261. The second kappa shape index (κ2) is 10.0. The number of ether oxygens (including phenoxy) is 1. The molecule has 0 bridgehead atoms. The number of hydrogen-bond acceptors (Lipinski definition) is 4. The smallest absolute Gasteiger partial charge is 0.320 e. The van der Waals surface area contributed by atoms with Gasteiger partial charge in [0.25, 0.3) is 0 Å². The van der Waals surface area contributed by atoms with Crippen LogP contribution < -0.4 is 10.5 Å². The van der Waals surface area contributed by atoms with Crippen LogP contribution in [0.1, 0.15) is 5.56 Å². The van der Waals surface area contributed by atoms with Crippen LogP contribution in [0.4, 0.5) is 0 Å². The Labute approximate surface area is 198 Å². The third kappa shape index (κ3) is 6.18. The van der Waals surface area contributed by atoms with Gasteiger partial charge in [0.05, 0.1) is 14.3 Å². The summed E-state index contributed by atoms with van der Waals surface area (Å²) >= 11 is 8.42. The third-order valence-corrected chi connectivity index (χ3v) is 6.29. The Morgan fingerprint density at radius 1 is 1.04 bits per heavy atom. The predicted octanol–water partition coefficient (Wildman–Crippen LogP) is 3.73. The van der Waals surface area contributed by atoms with E-state index in [4.69, 9.17) is 15.6 Å². The summed E-state index contributed by atoms with van der Waals surface area (Å²) < 4.78 is 9.14. The van der Waals surface area contributed by atoms with Gasteiger partial charge in [-0.05, 0) is 127 Å². The maximum atomic E-state index is 10.9.